The smallest absolute Gasteiger partial charge is 0.270 e. The van der Waals surface area contributed by atoms with E-state index in [1.54, 1.807) is 24.3 Å². The molecule has 1 amide bonds. The number of carbonyl (C=O) groups is 1. The highest BCUT2D eigenvalue weighted by molar-refractivity contribution is 5.94. The maximum absolute atomic E-state index is 13.3. The SMILES string of the molecule is COc1cc(-c2noc(CCN(Cc3ccco3)C(=O)c3cccc([N+](=O)[O-])c3)n2)cc(OC)c1OC. The van der Waals surface area contributed by atoms with Crippen molar-refractivity contribution in [2.45, 2.75) is 13.0 Å². The summed E-state index contributed by atoms with van der Waals surface area (Å²) in [6.45, 7) is 0.349. The van der Waals surface area contributed by atoms with E-state index in [1.807, 2.05) is 0 Å². The van der Waals surface area contributed by atoms with Crippen LogP contribution < -0.4 is 14.2 Å². The second-order valence-electron chi connectivity index (χ2n) is 7.79. The van der Waals surface area contributed by atoms with E-state index in [9.17, 15) is 14.9 Å². The van der Waals surface area contributed by atoms with Gasteiger partial charge in [0, 0.05) is 36.2 Å². The topological polar surface area (TPSA) is 143 Å². The van der Waals surface area contributed by atoms with E-state index in [4.69, 9.17) is 23.2 Å². The highest BCUT2D eigenvalue weighted by Gasteiger charge is 2.22. The second-order valence-corrected chi connectivity index (χ2v) is 7.79. The minimum absolute atomic E-state index is 0.155. The minimum Gasteiger partial charge on any atom is -0.493 e. The van der Waals surface area contributed by atoms with Crippen LogP contribution in [0.4, 0.5) is 5.69 Å². The average Bonchev–Trinajstić information content (AvgIpc) is 3.62. The van der Waals surface area contributed by atoms with E-state index >= 15 is 0 Å². The van der Waals surface area contributed by atoms with E-state index in [0.717, 1.165) is 0 Å². The highest BCUT2D eigenvalue weighted by atomic mass is 16.6. The number of hydrogen-bond donors (Lipinski definition) is 0. The lowest BCUT2D eigenvalue weighted by Gasteiger charge is -2.21. The van der Waals surface area contributed by atoms with Crippen LogP contribution in [0.15, 0.2) is 63.7 Å². The molecular weight excluding hydrogens is 484 g/mol. The van der Waals surface area contributed by atoms with Crippen molar-refractivity contribution in [3.8, 4) is 28.6 Å². The first-order valence-corrected chi connectivity index (χ1v) is 11.1. The first-order valence-electron chi connectivity index (χ1n) is 11.1. The average molecular weight is 508 g/mol. The lowest BCUT2D eigenvalue weighted by molar-refractivity contribution is -0.384. The van der Waals surface area contributed by atoms with Crippen LogP contribution in [0.25, 0.3) is 11.4 Å². The van der Waals surface area contributed by atoms with Gasteiger partial charge in [0.05, 0.1) is 39.1 Å². The molecule has 0 saturated carbocycles. The van der Waals surface area contributed by atoms with Gasteiger partial charge in [-0.15, -0.1) is 0 Å². The molecule has 37 heavy (non-hydrogen) atoms. The predicted octanol–water partition coefficient (Wildman–Crippen LogP) is 4.15. The fourth-order valence-corrected chi connectivity index (χ4v) is 3.69. The zero-order chi connectivity index (χ0) is 26.4. The van der Waals surface area contributed by atoms with Gasteiger partial charge in [-0.1, -0.05) is 11.2 Å². The molecule has 2 aromatic heterocycles. The van der Waals surface area contributed by atoms with Gasteiger partial charge in [-0.3, -0.25) is 14.9 Å². The Labute approximate surface area is 211 Å². The molecule has 2 heterocycles. The van der Waals surface area contributed by atoms with E-state index in [1.165, 1.54) is 56.8 Å². The van der Waals surface area contributed by atoms with Gasteiger partial charge in [-0.2, -0.15) is 4.98 Å². The number of methoxy groups -OCH3 is 3. The van der Waals surface area contributed by atoms with Gasteiger partial charge in [0.25, 0.3) is 11.6 Å². The van der Waals surface area contributed by atoms with Gasteiger partial charge >= 0.3 is 0 Å². The van der Waals surface area contributed by atoms with E-state index in [0.29, 0.717) is 40.3 Å². The number of ether oxygens (including phenoxy) is 3. The van der Waals surface area contributed by atoms with Crippen LogP contribution in [-0.4, -0.2) is 53.7 Å². The van der Waals surface area contributed by atoms with Crippen molar-refractivity contribution in [1.29, 1.82) is 0 Å². The summed E-state index contributed by atoms with van der Waals surface area (Å²) in [6, 6.07) is 12.4. The van der Waals surface area contributed by atoms with Crippen LogP contribution in [-0.2, 0) is 13.0 Å². The van der Waals surface area contributed by atoms with Crippen molar-refractivity contribution >= 4 is 11.6 Å². The summed E-state index contributed by atoms with van der Waals surface area (Å²) in [6.07, 6.45) is 1.74. The third-order valence-electron chi connectivity index (χ3n) is 5.50. The fourth-order valence-electron chi connectivity index (χ4n) is 3.69. The minimum atomic E-state index is -0.545. The normalized spacial score (nSPS) is 10.7. The van der Waals surface area contributed by atoms with Crippen molar-refractivity contribution in [3.63, 3.8) is 0 Å². The molecule has 2 aromatic carbocycles. The van der Waals surface area contributed by atoms with Crippen LogP contribution in [0, 0.1) is 10.1 Å². The molecule has 0 spiro atoms. The predicted molar refractivity (Wildman–Crippen MR) is 130 cm³/mol. The number of rotatable bonds is 11. The van der Waals surface area contributed by atoms with Crippen LogP contribution in [0.3, 0.4) is 0 Å². The summed E-state index contributed by atoms with van der Waals surface area (Å²) in [7, 11) is 4.53. The van der Waals surface area contributed by atoms with Crippen molar-refractivity contribution < 1.29 is 32.9 Å². The molecule has 12 nitrogen and oxygen atoms in total. The molecule has 0 radical (unpaired) electrons. The Balaban J connectivity index is 1.55. The molecule has 0 unspecified atom stereocenters. The molecule has 12 heteroatoms. The fraction of sp³-hybridized carbons (Fsp3) is 0.240. The van der Waals surface area contributed by atoms with Gasteiger partial charge in [0.15, 0.2) is 11.5 Å². The standard InChI is InChI=1S/C25H24N4O8/c1-33-20-13-17(14-21(34-2)23(20)35-3)24-26-22(37-27-24)9-10-28(15-19-8-5-11-36-19)25(30)16-6-4-7-18(12-16)29(31)32/h4-8,11-14H,9-10,15H2,1-3H3. The van der Waals surface area contributed by atoms with Crippen LogP contribution in [0.5, 0.6) is 17.2 Å². The summed E-state index contributed by atoms with van der Waals surface area (Å²) in [5.41, 5.74) is 0.602. The molecule has 0 N–H and O–H groups in total. The number of carbonyl (C=O) groups excluding carboxylic acids is 1. The lowest BCUT2D eigenvalue weighted by Crippen LogP contribution is -2.32. The van der Waals surface area contributed by atoms with E-state index in [-0.39, 0.29) is 30.8 Å². The van der Waals surface area contributed by atoms with Crippen molar-refractivity contribution in [2.75, 3.05) is 27.9 Å². The highest BCUT2D eigenvalue weighted by Crippen LogP contribution is 2.40. The number of benzene rings is 2. The Hall–Kier alpha value is -4.87. The van der Waals surface area contributed by atoms with E-state index in [2.05, 4.69) is 10.1 Å². The summed E-state index contributed by atoms with van der Waals surface area (Å²) < 4.78 is 26.9. The Morgan fingerprint density at radius 3 is 2.43 bits per heavy atom. The molecule has 0 aliphatic carbocycles. The van der Waals surface area contributed by atoms with Crippen LogP contribution in [0.1, 0.15) is 22.0 Å². The Kier molecular flexibility index (Phi) is 7.67. The molecule has 4 aromatic rings. The number of nitrogens with zero attached hydrogens (tertiary/aromatic N) is 4. The van der Waals surface area contributed by atoms with Crippen LogP contribution in [0.2, 0.25) is 0 Å². The van der Waals surface area contributed by atoms with Gasteiger partial charge in [0.1, 0.15) is 5.76 Å². The zero-order valence-electron chi connectivity index (χ0n) is 20.4. The Morgan fingerprint density at radius 1 is 1.05 bits per heavy atom. The molecule has 4 rings (SSSR count). The van der Waals surface area contributed by atoms with Crippen molar-refractivity contribution in [2.24, 2.45) is 0 Å². The number of furan rings is 1. The molecule has 0 atom stereocenters. The van der Waals surface area contributed by atoms with Gasteiger partial charge < -0.3 is 28.1 Å². The molecule has 0 aliphatic heterocycles. The monoisotopic (exact) mass is 508 g/mol. The Morgan fingerprint density at radius 2 is 1.81 bits per heavy atom. The second kappa shape index (κ2) is 11.2. The molecular formula is C25H24N4O8. The quantitative estimate of drug-likeness (QED) is 0.214. The number of nitro benzene ring substituents is 1. The molecule has 192 valence electrons. The molecule has 0 fully saturated rings. The first-order chi connectivity index (χ1) is 17.9. The summed E-state index contributed by atoms with van der Waals surface area (Å²) in [5, 5.41) is 15.2. The summed E-state index contributed by atoms with van der Waals surface area (Å²) in [5.74, 6) is 2.07. The van der Waals surface area contributed by atoms with Crippen molar-refractivity contribution in [1.82, 2.24) is 15.0 Å². The van der Waals surface area contributed by atoms with Gasteiger partial charge in [-0.05, 0) is 30.3 Å². The molecule has 0 saturated heterocycles. The number of aromatic nitrogens is 2. The third-order valence-corrected chi connectivity index (χ3v) is 5.50. The molecule has 0 aliphatic rings. The maximum atomic E-state index is 13.3. The molecule has 0 bridgehead atoms. The largest absolute Gasteiger partial charge is 0.493 e. The lowest BCUT2D eigenvalue weighted by atomic mass is 10.1. The number of hydrogen-bond acceptors (Lipinski definition) is 10. The van der Waals surface area contributed by atoms with Crippen molar-refractivity contribution in [3.05, 3.63) is 82.1 Å². The Bertz CT molecular complexity index is 1360. The van der Waals surface area contributed by atoms with Crippen LogP contribution >= 0.6 is 0 Å². The zero-order valence-corrected chi connectivity index (χ0v) is 20.4. The van der Waals surface area contributed by atoms with Gasteiger partial charge in [-0.25, -0.2) is 0 Å². The first kappa shape index (κ1) is 25.2. The van der Waals surface area contributed by atoms with E-state index < -0.39 is 10.8 Å². The summed E-state index contributed by atoms with van der Waals surface area (Å²) >= 11 is 0. The third kappa shape index (κ3) is 5.69. The van der Waals surface area contributed by atoms with Gasteiger partial charge in [0.2, 0.25) is 17.5 Å². The maximum Gasteiger partial charge on any atom is 0.270 e. The number of nitro groups is 1. The summed E-state index contributed by atoms with van der Waals surface area (Å²) in [4.78, 5) is 29.8. The number of amides is 1. The number of non-ortho nitro benzene ring substituents is 1.